The zero-order valence-corrected chi connectivity index (χ0v) is 16.8. The highest BCUT2D eigenvalue weighted by Crippen LogP contribution is 2.26. The molecule has 0 aliphatic carbocycles. The fraction of sp³-hybridized carbons (Fsp3) is 0.600. The average Bonchev–Trinajstić information content (AvgIpc) is 3.04. The van der Waals surface area contributed by atoms with E-state index in [-0.39, 0.29) is 36.0 Å². The second-order valence-corrected chi connectivity index (χ2v) is 8.25. The fourth-order valence-electron chi connectivity index (χ4n) is 3.99. The van der Waals surface area contributed by atoms with Gasteiger partial charge in [-0.1, -0.05) is 23.7 Å². The molecule has 2 aliphatic rings. The summed E-state index contributed by atoms with van der Waals surface area (Å²) in [6.07, 6.45) is 2.04. The maximum atomic E-state index is 12.3. The van der Waals surface area contributed by atoms with E-state index in [4.69, 9.17) is 11.6 Å². The Morgan fingerprint density at radius 3 is 2.96 bits per heavy atom. The molecule has 0 spiro atoms. The van der Waals surface area contributed by atoms with Crippen molar-refractivity contribution in [1.82, 2.24) is 20.9 Å². The lowest BCUT2D eigenvalue weighted by atomic mass is 10.0. The highest BCUT2D eigenvalue weighted by molar-refractivity contribution is 6.30. The molecule has 2 amide bonds. The summed E-state index contributed by atoms with van der Waals surface area (Å²) in [5, 5.41) is 10.2. The molecule has 0 bridgehead atoms. The van der Waals surface area contributed by atoms with Crippen LogP contribution in [0.4, 0.5) is 0 Å². The molecule has 2 aliphatic heterocycles. The van der Waals surface area contributed by atoms with Crippen molar-refractivity contribution in [1.29, 1.82) is 0 Å². The normalized spacial score (nSPS) is 25.3. The Bertz CT molecular complexity index is 682. The van der Waals surface area contributed by atoms with E-state index in [0.29, 0.717) is 13.0 Å². The average molecular weight is 393 g/mol. The van der Waals surface area contributed by atoms with Gasteiger partial charge >= 0.3 is 0 Å². The van der Waals surface area contributed by atoms with Crippen LogP contribution in [0.3, 0.4) is 0 Å². The molecule has 1 aromatic carbocycles. The molecule has 2 fully saturated rings. The van der Waals surface area contributed by atoms with Gasteiger partial charge in [-0.25, -0.2) is 0 Å². The zero-order valence-electron chi connectivity index (χ0n) is 16.0. The van der Waals surface area contributed by atoms with Gasteiger partial charge in [0, 0.05) is 49.2 Å². The van der Waals surface area contributed by atoms with Gasteiger partial charge in [-0.2, -0.15) is 0 Å². The van der Waals surface area contributed by atoms with Crippen LogP contribution >= 0.6 is 11.6 Å². The largest absolute Gasteiger partial charge is 0.354 e. The van der Waals surface area contributed by atoms with Crippen molar-refractivity contribution in [2.45, 2.75) is 63.8 Å². The number of halogens is 1. The number of nitrogens with one attached hydrogen (secondary N) is 3. The van der Waals surface area contributed by atoms with Crippen molar-refractivity contribution in [3.05, 3.63) is 34.9 Å². The van der Waals surface area contributed by atoms with Gasteiger partial charge in [-0.15, -0.1) is 0 Å². The van der Waals surface area contributed by atoms with Crippen molar-refractivity contribution in [3.63, 3.8) is 0 Å². The second kappa shape index (κ2) is 9.04. The van der Waals surface area contributed by atoms with Gasteiger partial charge in [-0.3, -0.25) is 14.5 Å². The van der Waals surface area contributed by atoms with E-state index in [9.17, 15) is 9.59 Å². The number of rotatable bonds is 7. The first-order chi connectivity index (χ1) is 12.9. The number of carbonyl (C=O) groups is 2. The minimum atomic E-state index is -0.103. The smallest absolute Gasteiger partial charge is 0.237 e. The number of benzene rings is 1. The molecule has 3 N–H and O–H groups in total. The van der Waals surface area contributed by atoms with Gasteiger partial charge in [0.2, 0.25) is 11.8 Å². The molecule has 2 saturated heterocycles. The number of hydrogen-bond acceptors (Lipinski definition) is 4. The predicted molar refractivity (Wildman–Crippen MR) is 107 cm³/mol. The third-order valence-electron chi connectivity index (χ3n) is 5.26. The van der Waals surface area contributed by atoms with Crippen LogP contribution in [-0.4, -0.2) is 54.0 Å². The van der Waals surface area contributed by atoms with Crippen LogP contribution in [-0.2, 0) is 16.1 Å². The number of hydrogen-bond donors (Lipinski definition) is 3. The lowest BCUT2D eigenvalue weighted by Crippen LogP contribution is -2.58. The number of carbonyl (C=O) groups excluding carboxylic acids is 2. The topological polar surface area (TPSA) is 73.5 Å². The molecular weight excluding hydrogens is 364 g/mol. The Labute approximate surface area is 166 Å². The first-order valence-corrected chi connectivity index (χ1v) is 10.1. The van der Waals surface area contributed by atoms with Crippen molar-refractivity contribution in [2.24, 2.45) is 0 Å². The second-order valence-electron chi connectivity index (χ2n) is 7.82. The maximum absolute atomic E-state index is 12.3. The summed E-state index contributed by atoms with van der Waals surface area (Å²) < 4.78 is 0. The molecule has 7 heteroatoms. The lowest BCUT2D eigenvalue weighted by Gasteiger charge is -2.37. The van der Waals surface area contributed by atoms with E-state index in [1.54, 1.807) is 0 Å². The van der Waals surface area contributed by atoms with Crippen molar-refractivity contribution >= 4 is 23.4 Å². The molecule has 0 saturated carbocycles. The molecule has 6 nitrogen and oxygen atoms in total. The number of fused-ring (bicyclic) bond motifs is 1. The number of piperazine rings is 1. The molecule has 148 valence electrons. The van der Waals surface area contributed by atoms with Crippen LogP contribution in [0.5, 0.6) is 0 Å². The van der Waals surface area contributed by atoms with Crippen LogP contribution in [0, 0.1) is 0 Å². The van der Waals surface area contributed by atoms with Gasteiger partial charge < -0.3 is 16.0 Å². The third-order valence-corrected chi connectivity index (χ3v) is 5.50. The van der Waals surface area contributed by atoms with Crippen LogP contribution in [0.15, 0.2) is 24.3 Å². The van der Waals surface area contributed by atoms with E-state index in [2.05, 4.69) is 20.9 Å². The summed E-state index contributed by atoms with van der Waals surface area (Å²) in [6, 6.07) is 8.34. The molecular formula is C20H29ClN4O2. The Morgan fingerprint density at radius 2 is 2.22 bits per heavy atom. The van der Waals surface area contributed by atoms with Gasteiger partial charge in [0.15, 0.2) is 0 Å². The first kappa shape index (κ1) is 20.1. The zero-order chi connectivity index (χ0) is 19.4. The number of amides is 2. The highest BCUT2D eigenvalue weighted by Gasteiger charge is 2.43. The standard InChI is InChI=1S/C20H29ClN4O2/c1-13(2)24-19(26)7-6-17-11-23-20(27)18-9-16(12-25(17)18)22-10-14-4-3-5-15(21)8-14/h3-5,8,13,16-18,22H,6-7,9-12H2,1-2H3,(H,23,27)(H,24,26)/t16-,17+,18-/m0/s1. The maximum Gasteiger partial charge on any atom is 0.237 e. The Hall–Kier alpha value is -1.63. The molecule has 2 heterocycles. The van der Waals surface area contributed by atoms with E-state index in [1.165, 1.54) is 0 Å². The van der Waals surface area contributed by atoms with Crippen molar-refractivity contribution in [2.75, 3.05) is 13.1 Å². The Morgan fingerprint density at radius 1 is 1.41 bits per heavy atom. The summed E-state index contributed by atoms with van der Waals surface area (Å²) in [6.45, 7) is 6.10. The van der Waals surface area contributed by atoms with Crippen LogP contribution < -0.4 is 16.0 Å². The van der Waals surface area contributed by atoms with Gasteiger partial charge in [-0.05, 0) is 44.4 Å². The quantitative estimate of drug-likeness (QED) is 0.660. The van der Waals surface area contributed by atoms with Crippen LogP contribution in [0.2, 0.25) is 5.02 Å². The number of nitrogens with zero attached hydrogens (tertiary/aromatic N) is 1. The summed E-state index contributed by atoms with van der Waals surface area (Å²) in [5.74, 6) is 0.179. The molecule has 27 heavy (non-hydrogen) atoms. The molecule has 0 unspecified atom stereocenters. The molecule has 3 atom stereocenters. The van der Waals surface area contributed by atoms with E-state index in [0.717, 1.165) is 36.5 Å². The predicted octanol–water partition coefficient (Wildman–Crippen LogP) is 1.68. The molecule has 1 aromatic rings. The molecule has 0 radical (unpaired) electrons. The minimum absolute atomic E-state index is 0.0771. The summed E-state index contributed by atoms with van der Waals surface area (Å²) in [4.78, 5) is 26.5. The molecule has 0 aromatic heterocycles. The van der Waals surface area contributed by atoms with Gasteiger partial charge in [0.05, 0.1) is 6.04 Å². The van der Waals surface area contributed by atoms with Gasteiger partial charge in [0.1, 0.15) is 0 Å². The summed E-state index contributed by atoms with van der Waals surface area (Å²) in [7, 11) is 0. The lowest BCUT2D eigenvalue weighted by molar-refractivity contribution is -0.129. The fourth-order valence-corrected chi connectivity index (χ4v) is 4.21. The minimum Gasteiger partial charge on any atom is -0.354 e. The SMILES string of the molecule is CC(C)NC(=O)CC[C@@H]1CNC(=O)[C@@H]2C[C@H](NCc3cccc(Cl)c3)CN12. The van der Waals surface area contributed by atoms with Gasteiger partial charge in [0.25, 0.3) is 0 Å². The van der Waals surface area contributed by atoms with Crippen molar-refractivity contribution < 1.29 is 9.59 Å². The Kier molecular flexibility index (Phi) is 6.73. The van der Waals surface area contributed by atoms with E-state index in [1.807, 2.05) is 38.1 Å². The first-order valence-electron chi connectivity index (χ1n) is 9.73. The van der Waals surface area contributed by atoms with E-state index < -0.39 is 0 Å². The third kappa shape index (κ3) is 5.43. The summed E-state index contributed by atoms with van der Waals surface area (Å²) in [5.41, 5.74) is 1.14. The van der Waals surface area contributed by atoms with Crippen LogP contribution in [0.25, 0.3) is 0 Å². The summed E-state index contributed by atoms with van der Waals surface area (Å²) >= 11 is 6.05. The Balaban J connectivity index is 1.54. The van der Waals surface area contributed by atoms with E-state index >= 15 is 0 Å². The highest BCUT2D eigenvalue weighted by atomic mass is 35.5. The monoisotopic (exact) mass is 392 g/mol. The van der Waals surface area contributed by atoms with Crippen LogP contribution in [0.1, 0.15) is 38.7 Å². The molecule has 3 rings (SSSR count). The van der Waals surface area contributed by atoms with Crippen molar-refractivity contribution in [3.8, 4) is 0 Å².